The molecule has 19 heavy (non-hydrogen) atoms. The van der Waals surface area contributed by atoms with Crippen LogP contribution in [0.5, 0.6) is 5.88 Å². The lowest BCUT2D eigenvalue weighted by atomic mass is 10.2. The zero-order chi connectivity index (χ0) is 14.6. The fourth-order valence-electron chi connectivity index (χ4n) is 1.38. The van der Waals surface area contributed by atoms with Crippen LogP contribution in [-0.2, 0) is 14.8 Å². The van der Waals surface area contributed by atoms with Gasteiger partial charge in [-0.05, 0) is 6.07 Å². The molecule has 0 fully saturated rings. The molecule has 0 aliphatic carbocycles. The number of hydrogen-bond donors (Lipinski definition) is 1. The van der Waals surface area contributed by atoms with Gasteiger partial charge < -0.3 is 9.84 Å². The first-order valence-electron chi connectivity index (χ1n) is 5.48. The first kappa shape index (κ1) is 15.4. The van der Waals surface area contributed by atoms with E-state index in [0.717, 1.165) is 4.31 Å². The number of carbonyl (C=O) groups is 1. The van der Waals surface area contributed by atoms with Crippen molar-refractivity contribution in [3.63, 3.8) is 0 Å². The van der Waals surface area contributed by atoms with Crippen molar-refractivity contribution in [2.24, 2.45) is 5.92 Å². The van der Waals surface area contributed by atoms with E-state index in [-0.39, 0.29) is 11.4 Å². The first-order chi connectivity index (χ1) is 8.78. The molecule has 1 unspecified atom stereocenters. The van der Waals surface area contributed by atoms with Crippen LogP contribution in [-0.4, -0.2) is 49.5 Å². The summed E-state index contributed by atoms with van der Waals surface area (Å²) in [6.45, 7) is 1.34. The Morgan fingerprint density at radius 2 is 2.16 bits per heavy atom. The molecule has 1 N–H and O–H groups in total. The van der Waals surface area contributed by atoms with E-state index in [1.807, 2.05) is 0 Å². The van der Waals surface area contributed by atoms with Crippen molar-refractivity contribution >= 4 is 16.0 Å². The number of aliphatic carboxylic acids is 1. The van der Waals surface area contributed by atoms with Crippen LogP contribution >= 0.6 is 0 Å². The van der Waals surface area contributed by atoms with Gasteiger partial charge in [-0.2, -0.15) is 0 Å². The fourth-order valence-corrected chi connectivity index (χ4v) is 2.59. The fraction of sp³-hybridized carbons (Fsp3) is 0.455. The van der Waals surface area contributed by atoms with Crippen LogP contribution in [0.1, 0.15) is 6.92 Å². The molecule has 0 amide bonds. The molecular formula is C11H16N2O5S. The molecule has 0 aromatic carbocycles. The zero-order valence-corrected chi connectivity index (χ0v) is 11.7. The minimum absolute atomic E-state index is 0.00612. The maximum atomic E-state index is 12.1. The topological polar surface area (TPSA) is 96.8 Å². The Bertz CT molecular complexity index is 541. The molecule has 7 nitrogen and oxygen atoms in total. The quantitative estimate of drug-likeness (QED) is 0.815. The van der Waals surface area contributed by atoms with Crippen molar-refractivity contribution in [2.75, 3.05) is 20.7 Å². The number of rotatable bonds is 6. The van der Waals surface area contributed by atoms with E-state index in [2.05, 4.69) is 4.98 Å². The summed E-state index contributed by atoms with van der Waals surface area (Å²) in [5, 5.41) is 8.79. The molecule has 1 rings (SSSR count). The number of nitrogens with zero attached hydrogens (tertiary/aromatic N) is 2. The van der Waals surface area contributed by atoms with Crippen molar-refractivity contribution in [1.82, 2.24) is 9.29 Å². The summed E-state index contributed by atoms with van der Waals surface area (Å²) in [7, 11) is -0.981. The van der Waals surface area contributed by atoms with Gasteiger partial charge in [0.2, 0.25) is 15.9 Å². The smallest absolute Gasteiger partial charge is 0.307 e. The maximum Gasteiger partial charge on any atom is 0.307 e. The predicted octanol–water partition coefficient (Wildman–Crippen LogP) is 0.431. The lowest BCUT2D eigenvalue weighted by Crippen LogP contribution is -2.33. The number of hydrogen-bond acceptors (Lipinski definition) is 5. The number of methoxy groups -OCH3 is 1. The molecule has 1 heterocycles. The van der Waals surface area contributed by atoms with Gasteiger partial charge in [0.05, 0.1) is 19.2 Å². The number of carboxylic acid groups (broad SMARTS) is 1. The molecule has 0 saturated carbocycles. The Kier molecular flexibility index (Phi) is 4.84. The third-order valence-electron chi connectivity index (χ3n) is 2.58. The maximum absolute atomic E-state index is 12.1. The average molecular weight is 288 g/mol. The highest BCUT2D eigenvalue weighted by Crippen LogP contribution is 2.16. The van der Waals surface area contributed by atoms with Crippen LogP contribution in [0.15, 0.2) is 23.2 Å². The van der Waals surface area contributed by atoms with Gasteiger partial charge in [0.15, 0.2) is 0 Å². The SMILES string of the molecule is COc1ccc(S(=O)(=O)N(C)CC(C)C(=O)O)cn1. The summed E-state index contributed by atoms with van der Waals surface area (Å²) in [6, 6.07) is 2.80. The van der Waals surface area contributed by atoms with Crippen LogP contribution in [0.4, 0.5) is 0 Å². The van der Waals surface area contributed by atoms with E-state index in [4.69, 9.17) is 9.84 Å². The molecule has 0 aliphatic heterocycles. The van der Waals surface area contributed by atoms with E-state index in [0.29, 0.717) is 5.88 Å². The van der Waals surface area contributed by atoms with E-state index in [9.17, 15) is 13.2 Å². The molecule has 0 bridgehead atoms. The Hall–Kier alpha value is -1.67. The Labute approximate surface area is 111 Å². The van der Waals surface area contributed by atoms with Gasteiger partial charge in [-0.3, -0.25) is 4.79 Å². The number of carboxylic acids is 1. The van der Waals surface area contributed by atoms with Crippen molar-refractivity contribution in [2.45, 2.75) is 11.8 Å². The van der Waals surface area contributed by atoms with Crippen molar-refractivity contribution in [3.8, 4) is 5.88 Å². The molecule has 106 valence electrons. The van der Waals surface area contributed by atoms with Gasteiger partial charge in [-0.1, -0.05) is 6.92 Å². The van der Waals surface area contributed by atoms with E-state index < -0.39 is 21.9 Å². The van der Waals surface area contributed by atoms with Crippen molar-refractivity contribution in [3.05, 3.63) is 18.3 Å². The molecule has 1 aromatic rings. The van der Waals surface area contributed by atoms with E-state index in [1.54, 1.807) is 0 Å². The molecule has 0 aliphatic rings. The predicted molar refractivity (Wildman–Crippen MR) is 67.4 cm³/mol. The average Bonchev–Trinajstić information content (AvgIpc) is 2.38. The highest BCUT2D eigenvalue weighted by molar-refractivity contribution is 7.89. The summed E-state index contributed by atoms with van der Waals surface area (Å²) < 4.78 is 30.1. The number of sulfonamides is 1. The van der Waals surface area contributed by atoms with Crippen LogP contribution < -0.4 is 4.74 Å². The van der Waals surface area contributed by atoms with Crippen LogP contribution in [0, 0.1) is 5.92 Å². The van der Waals surface area contributed by atoms with Crippen LogP contribution in [0.3, 0.4) is 0 Å². The van der Waals surface area contributed by atoms with Gasteiger partial charge in [0.1, 0.15) is 4.90 Å². The minimum Gasteiger partial charge on any atom is -0.481 e. The van der Waals surface area contributed by atoms with Crippen molar-refractivity contribution in [1.29, 1.82) is 0 Å². The molecule has 0 saturated heterocycles. The largest absolute Gasteiger partial charge is 0.481 e. The zero-order valence-electron chi connectivity index (χ0n) is 10.9. The number of aromatic nitrogens is 1. The van der Waals surface area contributed by atoms with E-state index in [1.165, 1.54) is 39.4 Å². The summed E-state index contributed by atoms with van der Waals surface area (Å²) in [5.74, 6) is -1.53. The van der Waals surface area contributed by atoms with Gasteiger partial charge in [0.25, 0.3) is 0 Å². The summed E-state index contributed by atoms with van der Waals surface area (Å²) in [4.78, 5) is 14.5. The first-order valence-corrected chi connectivity index (χ1v) is 6.92. The number of ether oxygens (including phenoxy) is 1. The minimum atomic E-state index is -3.74. The normalized spacial score (nSPS) is 13.3. The monoisotopic (exact) mass is 288 g/mol. The lowest BCUT2D eigenvalue weighted by Gasteiger charge is -2.19. The Morgan fingerprint density at radius 1 is 1.53 bits per heavy atom. The molecule has 1 aromatic heterocycles. The van der Waals surface area contributed by atoms with Gasteiger partial charge >= 0.3 is 5.97 Å². The standard InChI is InChI=1S/C11H16N2O5S/c1-8(11(14)15)7-13(2)19(16,17)9-4-5-10(18-3)12-6-9/h4-6,8H,7H2,1-3H3,(H,14,15). The second kappa shape index (κ2) is 5.98. The van der Waals surface area contributed by atoms with Crippen LogP contribution in [0.25, 0.3) is 0 Å². The molecule has 8 heteroatoms. The number of pyridine rings is 1. The summed E-state index contributed by atoms with van der Waals surface area (Å²) in [5.41, 5.74) is 0. The van der Waals surface area contributed by atoms with Crippen LogP contribution in [0.2, 0.25) is 0 Å². The van der Waals surface area contributed by atoms with Gasteiger partial charge in [-0.25, -0.2) is 17.7 Å². The third-order valence-corrected chi connectivity index (χ3v) is 4.39. The highest BCUT2D eigenvalue weighted by atomic mass is 32.2. The molecule has 0 radical (unpaired) electrons. The van der Waals surface area contributed by atoms with Crippen molar-refractivity contribution < 1.29 is 23.1 Å². The molecule has 1 atom stereocenters. The summed E-state index contributed by atoms with van der Waals surface area (Å²) in [6.07, 6.45) is 1.18. The lowest BCUT2D eigenvalue weighted by molar-refractivity contribution is -0.141. The highest BCUT2D eigenvalue weighted by Gasteiger charge is 2.25. The second-order valence-electron chi connectivity index (χ2n) is 4.06. The Morgan fingerprint density at radius 3 is 2.58 bits per heavy atom. The summed E-state index contributed by atoms with van der Waals surface area (Å²) >= 11 is 0. The molecular weight excluding hydrogens is 272 g/mol. The van der Waals surface area contributed by atoms with Gasteiger partial charge in [0, 0.05) is 19.7 Å². The van der Waals surface area contributed by atoms with E-state index >= 15 is 0 Å². The third kappa shape index (κ3) is 3.65. The molecule has 0 spiro atoms. The second-order valence-corrected chi connectivity index (χ2v) is 6.11. The van der Waals surface area contributed by atoms with Gasteiger partial charge in [-0.15, -0.1) is 0 Å². The Balaban J connectivity index is 2.92.